The predicted octanol–water partition coefficient (Wildman–Crippen LogP) is 3.36. The summed E-state index contributed by atoms with van der Waals surface area (Å²) < 4.78 is 10.7. The summed E-state index contributed by atoms with van der Waals surface area (Å²) in [5, 5.41) is 5.47. The minimum absolute atomic E-state index is 0.137. The summed E-state index contributed by atoms with van der Waals surface area (Å²) in [5.74, 6) is 0.354. The van der Waals surface area contributed by atoms with Crippen LogP contribution in [0.3, 0.4) is 0 Å². The molecule has 2 rings (SSSR count). The fourth-order valence-electron chi connectivity index (χ4n) is 2.89. The zero-order valence-electron chi connectivity index (χ0n) is 16.5. The quantitative estimate of drug-likeness (QED) is 0.652. The number of hydrogen-bond donors (Lipinski definition) is 2. The molecule has 0 aromatic heterocycles. The van der Waals surface area contributed by atoms with E-state index in [1.165, 1.54) is 7.11 Å². The van der Waals surface area contributed by atoms with Crippen molar-refractivity contribution in [3.8, 4) is 11.5 Å². The van der Waals surface area contributed by atoms with Crippen LogP contribution in [0.4, 0.5) is 5.69 Å². The number of anilines is 1. The van der Waals surface area contributed by atoms with Crippen LogP contribution in [-0.4, -0.2) is 32.6 Å². The van der Waals surface area contributed by atoms with Crippen LogP contribution >= 0.6 is 0 Å². The van der Waals surface area contributed by atoms with Gasteiger partial charge in [0.25, 0.3) is 5.91 Å². The predicted molar refractivity (Wildman–Crippen MR) is 110 cm³/mol. The van der Waals surface area contributed by atoms with Gasteiger partial charge in [-0.2, -0.15) is 0 Å². The Kier molecular flexibility index (Phi) is 7.63. The number of hydrogen-bond acceptors (Lipinski definition) is 4. The Morgan fingerprint density at radius 3 is 2.50 bits per heavy atom. The van der Waals surface area contributed by atoms with Gasteiger partial charge in [0.05, 0.1) is 20.8 Å². The number of amides is 2. The van der Waals surface area contributed by atoms with Gasteiger partial charge in [0.1, 0.15) is 0 Å². The number of nitrogens with one attached hydrogen (secondary N) is 2. The van der Waals surface area contributed by atoms with Gasteiger partial charge in [0, 0.05) is 16.8 Å². The van der Waals surface area contributed by atoms with Crippen LogP contribution in [0.5, 0.6) is 11.5 Å². The lowest BCUT2D eigenvalue weighted by molar-refractivity contribution is -0.115. The molecule has 0 heterocycles. The molecule has 0 aliphatic carbocycles. The first kappa shape index (κ1) is 21.0. The lowest BCUT2D eigenvalue weighted by Crippen LogP contribution is -2.33. The van der Waals surface area contributed by atoms with E-state index in [-0.39, 0.29) is 18.4 Å². The highest BCUT2D eigenvalue weighted by atomic mass is 16.5. The molecule has 0 aliphatic rings. The van der Waals surface area contributed by atoms with Crippen LogP contribution in [0.25, 0.3) is 0 Å². The van der Waals surface area contributed by atoms with Gasteiger partial charge in [-0.25, -0.2) is 0 Å². The second-order valence-corrected chi connectivity index (χ2v) is 6.11. The largest absolute Gasteiger partial charge is 0.493 e. The molecular weight excluding hydrogens is 356 g/mol. The molecule has 0 spiro atoms. The number of ether oxygens (including phenoxy) is 2. The Bertz CT molecular complexity index is 862. The van der Waals surface area contributed by atoms with Crippen LogP contribution in [0.1, 0.15) is 28.4 Å². The summed E-state index contributed by atoms with van der Waals surface area (Å²) >= 11 is 0. The number of rotatable bonds is 9. The molecule has 0 aliphatic heterocycles. The zero-order chi connectivity index (χ0) is 20.5. The van der Waals surface area contributed by atoms with Gasteiger partial charge in [-0.3, -0.25) is 9.59 Å². The normalized spacial score (nSPS) is 10.1. The van der Waals surface area contributed by atoms with Gasteiger partial charge in [0.2, 0.25) is 5.91 Å². The lowest BCUT2D eigenvalue weighted by atomic mass is 10.0. The Hall–Kier alpha value is -3.28. The number of methoxy groups -OCH3 is 2. The Labute approximate surface area is 165 Å². The first-order valence-electron chi connectivity index (χ1n) is 9.05. The van der Waals surface area contributed by atoms with Crippen molar-refractivity contribution in [1.29, 1.82) is 0 Å². The molecule has 0 atom stereocenters. The highest BCUT2D eigenvalue weighted by molar-refractivity contribution is 6.00. The molecule has 0 bridgehead atoms. The molecule has 2 N–H and O–H groups in total. The van der Waals surface area contributed by atoms with Crippen molar-refractivity contribution in [3.63, 3.8) is 0 Å². The van der Waals surface area contributed by atoms with Crippen molar-refractivity contribution in [2.45, 2.75) is 19.8 Å². The smallest absolute Gasteiger partial charge is 0.251 e. The van der Waals surface area contributed by atoms with E-state index in [0.717, 1.165) is 23.2 Å². The number of para-hydroxylation sites is 1. The number of allylic oxidation sites excluding steroid dienone is 1. The van der Waals surface area contributed by atoms with Gasteiger partial charge >= 0.3 is 0 Å². The van der Waals surface area contributed by atoms with E-state index < -0.39 is 0 Å². The van der Waals surface area contributed by atoms with Crippen molar-refractivity contribution >= 4 is 17.5 Å². The van der Waals surface area contributed by atoms with Crippen LogP contribution in [0.15, 0.2) is 49.1 Å². The molecule has 28 heavy (non-hydrogen) atoms. The first-order valence-corrected chi connectivity index (χ1v) is 9.05. The molecule has 2 aromatic carbocycles. The summed E-state index contributed by atoms with van der Waals surface area (Å²) in [6, 6.07) is 10.9. The molecule has 0 saturated carbocycles. The molecule has 0 fully saturated rings. The first-order chi connectivity index (χ1) is 13.5. The molecular formula is C22H26N2O4. The highest BCUT2D eigenvalue weighted by Gasteiger charge is 2.16. The third kappa shape index (κ3) is 5.13. The number of aryl methyl sites for hydroxylation is 1. The van der Waals surface area contributed by atoms with Crippen molar-refractivity contribution in [3.05, 3.63) is 65.7 Å². The number of benzene rings is 2. The molecule has 2 aromatic rings. The lowest BCUT2D eigenvalue weighted by Gasteiger charge is -2.14. The van der Waals surface area contributed by atoms with E-state index in [9.17, 15) is 9.59 Å². The van der Waals surface area contributed by atoms with Gasteiger partial charge in [-0.05, 0) is 36.6 Å². The Morgan fingerprint density at radius 1 is 1.11 bits per heavy atom. The zero-order valence-corrected chi connectivity index (χ0v) is 16.5. The maximum atomic E-state index is 12.5. The molecule has 6 heteroatoms. The standard InChI is InChI=1S/C22H26N2O4/c1-5-9-16-12-17(13-19(27-3)21(16)28-4)22(26)23-14-20(25)24-18-11-8-7-10-15(18)6-2/h5,7-8,10-13H,1,6,9,14H2,2-4H3,(H,23,26)(H,24,25). The second kappa shape index (κ2) is 10.2. The minimum atomic E-state index is -0.370. The van der Waals surface area contributed by atoms with Crippen LogP contribution in [-0.2, 0) is 17.6 Å². The van der Waals surface area contributed by atoms with E-state index in [1.54, 1.807) is 25.3 Å². The summed E-state index contributed by atoms with van der Waals surface area (Å²) in [6.45, 7) is 5.61. The minimum Gasteiger partial charge on any atom is -0.493 e. The third-order valence-corrected chi connectivity index (χ3v) is 4.26. The monoisotopic (exact) mass is 382 g/mol. The number of carbonyl (C=O) groups is 2. The van der Waals surface area contributed by atoms with Crippen molar-refractivity contribution in [1.82, 2.24) is 5.32 Å². The molecule has 148 valence electrons. The summed E-state index contributed by atoms with van der Waals surface area (Å²) in [6.07, 6.45) is 3.05. The third-order valence-electron chi connectivity index (χ3n) is 4.26. The van der Waals surface area contributed by atoms with Gasteiger partial charge < -0.3 is 20.1 Å². The fourth-order valence-corrected chi connectivity index (χ4v) is 2.89. The Balaban J connectivity index is 2.09. The average Bonchev–Trinajstić information content (AvgIpc) is 2.71. The van der Waals surface area contributed by atoms with E-state index in [4.69, 9.17) is 9.47 Å². The van der Waals surface area contributed by atoms with Gasteiger partial charge in [0.15, 0.2) is 11.5 Å². The molecule has 6 nitrogen and oxygen atoms in total. The van der Waals surface area contributed by atoms with Gasteiger partial charge in [-0.1, -0.05) is 31.2 Å². The summed E-state index contributed by atoms with van der Waals surface area (Å²) in [4.78, 5) is 24.8. The van der Waals surface area contributed by atoms with Crippen molar-refractivity contribution in [2.75, 3.05) is 26.1 Å². The maximum absolute atomic E-state index is 12.5. The van der Waals surface area contributed by atoms with Crippen LogP contribution < -0.4 is 20.1 Å². The van der Waals surface area contributed by atoms with E-state index in [2.05, 4.69) is 17.2 Å². The molecule has 2 amide bonds. The van der Waals surface area contributed by atoms with Gasteiger partial charge in [-0.15, -0.1) is 6.58 Å². The van der Waals surface area contributed by atoms with E-state index >= 15 is 0 Å². The Morgan fingerprint density at radius 2 is 1.86 bits per heavy atom. The molecule has 0 radical (unpaired) electrons. The SMILES string of the molecule is C=CCc1cc(C(=O)NCC(=O)Nc2ccccc2CC)cc(OC)c1OC. The average molecular weight is 382 g/mol. The van der Waals surface area contributed by atoms with Crippen LogP contribution in [0, 0.1) is 0 Å². The van der Waals surface area contributed by atoms with E-state index in [0.29, 0.717) is 23.5 Å². The summed E-state index contributed by atoms with van der Waals surface area (Å²) in [7, 11) is 3.05. The van der Waals surface area contributed by atoms with Crippen molar-refractivity contribution < 1.29 is 19.1 Å². The number of carbonyl (C=O) groups excluding carboxylic acids is 2. The highest BCUT2D eigenvalue weighted by Crippen LogP contribution is 2.33. The topological polar surface area (TPSA) is 76.7 Å². The molecule has 0 saturated heterocycles. The maximum Gasteiger partial charge on any atom is 0.251 e. The van der Waals surface area contributed by atoms with E-state index in [1.807, 2.05) is 31.2 Å². The second-order valence-electron chi connectivity index (χ2n) is 6.11. The summed E-state index contributed by atoms with van der Waals surface area (Å²) in [5.41, 5.74) is 2.96. The fraction of sp³-hybridized carbons (Fsp3) is 0.273. The van der Waals surface area contributed by atoms with Crippen LogP contribution in [0.2, 0.25) is 0 Å². The molecule has 0 unspecified atom stereocenters. The van der Waals surface area contributed by atoms with Crippen molar-refractivity contribution in [2.24, 2.45) is 0 Å².